The number of unbranched alkanes of at least 4 members (excludes halogenated alkanes) is 1. The number of anilines is 2. The van der Waals surface area contributed by atoms with Gasteiger partial charge in [0, 0.05) is 47.9 Å². The molecule has 3 rings (SSSR count). The summed E-state index contributed by atoms with van der Waals surface area (Å²) >= 11 is 0. The van der Waals surface area contributed by atoms with Crippen LogP contribution in [0.2, 0.25) is 0 Å². The molecular formula is C55H83N7O9. The summed E-state index contributed by atoms with van der Waals surface area (Å²) in [5.74, 6) is -2.67. The SMILES string of the molecule is C=C.CC(=O)CCCCC(=O)N[C@H](C(=O)NC(C)C(Nc1ccc(COC(=O)Nc2cccc(C(C)(C)[C@H](N)C(=O)NC(C(=O)N(C)[C@H](/C=C(\C)C(=O)O)C(C)C)C(C)(C)C)c2)cc1)=C1CCC1)C(C)C. The van der Waals surface area contributed by atoms with Crippen LogP contribution in [0, 0.1) is 17.3 Å². The fourth-order valence-electron chi connectivity index (χ4n) is 7.90. The Morgan fingerprint density at radius 3 is 1.93 bits per heavy atom. The summed E-state index contributed by atoms with van der Waals surface area (Å²) in [6.45, 7) is 27.6. The van der Waals surface area contributed by atoms with Crippen LogP contribution in [0.15, 0.2) is 84.6 Å². The summed E-state index contributed by atoms with van der Waals surface area (Å²) in [7, 11) is 1.60. The second-order valence-electron chi connectivity index (χ2n) is 20.7. The maximum absolute atomic E-state index is 14.0. The third kappa shape index (κ3) is 18.8. The third-order valence-electron chi connectivity index (χ3n) is 12.7. The number of ketones is 1. The third-order valence-corrected chi connectivity index (χ3v) is 12.7. The van der Waals surface area contributed by atoms with Crippen LogP contribution in [-0.2, 0) is 45.5 Å². The van der Waals surface area contributed by atoms with Gasteiger partial charge in [0.1, 0.15) is 24.5 Å². The van der Waals surface area contributed by atoms with Gasteiger partial charge < -0.3 is 46.5 Å². The lowest BCUT2D eigenvalue weighted by Gasteiger charge is -2.39. The van der Waals surface area contributed by atoms with E-state index in [1.54, 1.807) is 51.2 Å². The van der Waals surface area contributed by atoms with Crippen LogP contribution >= 0.6 is 0 Å². The lowest BCUT2D eigenvalue weighted by atomic mass is 9.77. The molecule has 0 saturated heterocycles. The first-order valence-electron chi connectivity index (χ1n) is 24.6. The van der Waals surface area contributed by atoms with Gasteiger partial charge in [0.2, 0.25) is 23.6 Å². The van der Waals surface area contributed by atoms with Gasteiger partial charge in [-0.1, -0.05) is 92.7 Å². The Labute approximate surface area is 422 Å². The van der Waals surface area contributed by atoms with Crippen molar-refractivity contribution in [3.63, 3.8) is 0 Å². The molecule has 0 aliphatic heterocycles. The van der Waals surface area contributed by atoms with Crippen molar-refractivity contribution in [2.75, 3.05) is 17.7 Å². The molecule has 2 aromatic rings. The highest BCUT2D eigenvalue weighted by Crippen LogP contribution is 2.32. The van der Waals surface area contributed by atoms with Crippen molar-refractivity contribution in [1.29, 1.82) is 0 Å². The first kappa shape index (κ1) is 60.8. The summed E-state index contributed by atoms with van der Waals surface area (Å²) in [5.41, 5.74) is 9.79. The highest BCUT2D eigenvalue weighted by atomic mass is 16.5. The maximum Gasteiger partial charge on any atom is 0.411 e. The predicted molar refractivity (Wildman–Crippen MR) is 281 cm³/mol. The Hall–Kier alpha value is -6.29. The predicted octanol–water partition coefficient (Wildman–Crippen LogP) is 8.53. The van der Waals surface area contributed by atoms with Crippen molar-refractivity contribution in [2.45, 2.75) is 170 Å². The molecule has 1 fully saturated rings. The lowest BCUT2D eigenvalue weighted by Crippen LogP contribution is -2.61. The molecular weight excluding hydrogens is 903 g/mol. The number of likely N-dealkylation sites (N-methyl/N-ethyl adjacent to an activating group) is 1. The Kier molecular flexibility index (Phi) is 23.9. The second kappa shape index (κ2) is 27.9. The van der Waals surface area contributed by atoms with Crippen LogP contribution in [0.25, 0.3) is 0 Å². The fourth-order valence-corrected chi connectivity index (χ4v) is 7.90. The van der Waals surface area contributed by atoms with Crippen molar-refractivity contribution in [2.24, 2.45) is 23.0 Å². The molecule has 1 aliphatic rings. The van der Waals surface area contributed by atoms with Crippen LogP contribution in [0.1, 0.15) is 139 Å². The molecule has 0 spiro atoms. The molecule has 2 unspecified atom stereocenters. The second-order valence-corrected chi connectivity index (χ2v) is 20.7. The molecule has 0 heterocycles. The molecule has 2 aromatic carbocycles. The van der Waals surface area contributed by atoms with Crippen molar-refractivity contribution in [1.82, 2.24) is 20.9 Å². The van der Waals surface area contributed by atoms with Gasteiger partial charge >= 0.3 is 12.1 Å². The van der Waals surface area contributed by atoms with Crippen LogP contribution in [-0.4, -0.2) is 88.7 Å². The Bertz CT molecular complexity index is 2220. The zero-order valence-corrected chi connectivity index (χ0v) is 44.5. The topological polar surface area (TPSA) is 238 Å². The van der Waals surface area contributed by atoms with E-state index >= 15 is 0 Å². The maximum atomic E-state index is 14.0. The van der Waals surface area contributed by atoms with E-state index in [9.17, 15) is 38.7 Å². The van der Waals surface area contributed by atoms with Gasteiger partial charge in [0.15, 0.2) is 0 Å². The number of nitrogens with zero attached hydrogens (tertiary/aromatic N) is 1. The number of Topliss-reactive ketones (excluding diaryl/α,β-unsaturated/α-hetero) is 1. The highest BCUT2D eigenvalue weighted by Gasteiger charge is 2.41. The van der Waals surface area contributed by atoms with E-state index < -0.39 is 53.0 Å². The summed E-state index contributed by atoms with van der Waals surface area (Å²) in [6.07, 6.45) is 5.61. The number of hydrogen-bond acceptors (Lipinski definition) is 10. The molecule has 16 nitrogen and oxygen atoms in total. The molecule has 1 aliphatic carbocycles. The van der Waals surface area contributed by atoms with E-state index in [1.165, 1.54) is 24.3 Å². The standard InChI is InChI=1S/C53H79N7O9.C2H4/c1-31(2)41(28-33(5)50(66)67)60(13)49(65)46(52(8,9)10)59-48(64)45(54)53(11,12)38-21-17-22-40(29-38)57-51(68)69-30-36-24-26-39(27-25-36)56-44(37-19-16-20-37)35(7)55-47(63)43(32(3)4)58-42(62)23-15-14-18-34(6)61;1-2/h17,21-22,24-29,31-32,35,41,43,45-46,56H,14-16,18-20,23,30,54H2,1-13H3,(H,55,63)(H,57,68)(H,58,62)(H,59,64)(H,66,67);1-2H2/b33-28+;/t35?,41-,43+,45-,46?;/m1./s1. The number of amides is 5. The summed E-state index contributed by atoms with van der Waals surface area (Å²) < 4.78 is 5.57. The summed E-state index contributed by atoms with van der Waals surface area (Å²) in [4.78, 5) is 91.4. The number of nitrogens with two attached hydrogens (primary N) is 1. The van der Waals surface area contributed by atoms with Crippen LogP contribution in [0.4, 0.5) is 16.2 Å². The molecule has 8 N–H and O–H groups in total. The molecule has 71 heavy (non-hydrogen) atoms. The van der Waals surface area contributed by atoms with E-state index in [2.05, 4.69) is 39.7 Å². The molecule has 1 saturated carbocycles. The van der Waals surface area contributed by atoms with Crippen LogP contribution in [0.5, 0.6) is 0 Å². The Balaban J connectivity index is 0.00000852. The molecule has 0 bridgehead atoms. The van der Waals surface area contributed by atoms with Crippen molar-refractivity contribution in [3.8, 4) is 0 Å². The van der Waals surface area contributed by atoms with Crippen LogP contribution < -0.4 is 32.3 Å². The minimum atomic E-state index is -1.12. The minimum absolute atomic E-state index is 0.0159. The number of rotatable bonds is 24. The number of allylic oxidation sites excluding steroid dienone is 1. The zero-order chi connectivity index (χ0) is 54.0. The summed E-state index contributed by atoms with van der Waals surface area (Å²) in [6, 6.07) is 10.7. The van der Waals surface area contributed by atoms with E-state index in [-0.39, 0.29) is 60.0 Å². The highest BCUT2D eigenvalue weighted by molar-refractivity contribution is 5.92. The molecule has 392 valence electrons. The number of carboxylic acids is 1. The van der Waals surface area contributed by atoms with Gasteiger partial charge in [0.05, 0.1) is 18.1 Å². The molecule has 16 heteroatoms. The number of hydrogen-bond donors (Lipinski definition) is 7. The fraction of sp³-hybridized carbons (Fsp3) is 0.545. The molecule has 5 amide bonds. The summed E-state index contributed by atoms with van der Waals surface area (Å²) in [5, 5.41) is 24.6. The largest absolute Gasteiger partial charge is 0.478 e. The van der Waals surface area contributed by atoms with Gasteiger partial charge in [-0.2, -0.15) is 0 Å². The Morgan fingerprint density at radius 1 is 0.803 bits per heavy atom. The normalized spacial score (nSPS) is 14.8. The number of ether oxygens (including phenoxy) is 1. The molecule has 0 radical (unpaired) electrons. The van der Waals surface area contributed by atoms with E-state index in [4.69, 9.17) is 10.5 Å². The van der Waals surface area contributed by atoms with Crippen LogP contribution in [0.3, 0.4) is 0 Å². The number of carbonyl (C=O) groups excluding carboxylic acids is 6. The number of carboxylic acid groups (broad SMARTS) is 1. The zero-order valence-electron chi connectivity index (χ0n) is 44.5. The minimum Gasteiger partial charge on any atom is -0.478 e. The van der Waals surface area contributed by atoms with E-state index in [1.807, 2.05) is 79.7 Å². The first-order chi connectivity index (χ1) is 33.1. The average Bonchev–Trinajstić information content (AvgIpc) is 3.28. The van der Waals surface area contributed by atoms with Gasteiger partial charge in [-0.15, -0.1) is 13.2 Å². The van der Waals surface area contributed by atoms with Gasteiger partial charge in [-0.05, 0) is 111 Å². The van der Waals surface area contributed by atoms with Crippen molar-refractivity contribution >= 4 is 52.8 Å². The smallest absolute Gasteiger partial charge is 0.411 e. The number of benzene rings is 2. The van der Waals surface area contributed by atoms with Crippen molar-refractivity contribution in [3.05, 3.63) is 95.7 Å². The van der Waals surface area contributed by atoms with Gasteiger partial charge in [-0.3, -0.25) is 24.5 Å². The van der Waals surface area contributed by atoms with E-state index in [0.717, 1.165) is 36.2 Å². The van der Waals surface area contributed by atoms with Gasteiger partial charge in [-0.25, -0.2) is 9.59 Å². The Morgan fingerprint density at radius 2 is 1.41 bits per heavy atom. The molecule has 0 aromatic heterocycles. The number of aliphatic carboxylic acids is 1. The number of carbonyl (C=O) groups is 7. The first-order valence-corrected chi connectivity index (χ1v) is 24.6. The number of nitrogens with one attached hydrogen (secondary N) is 5. The van der Waals surface area contributed by atoms with E-state index in [0.29, 0.717) is 30.5 Å². The quantitative estimate of drug-likeness (QED) is 0.0299. The molecule has 5 atom stereocenters. The van der Waals surface area contributed by atoms with Gasteiger partial charge in [0.25, 0.3) is 0 Å². The lowest BCUT2D eigenvalue weighted by molar-refractivity contribution is -0.140. The monoisotopic (exact) mass is 986 g/mol. The average molecular weight is 986 g/mol. The van der Waals surface area contributed by atoms with Crippen molar-refractivity contribution < 1.29 is 43.4 Å².